The predicted molar refractivity (Wildman–Crippen MR) is 53.7 cm³/mol. The highest BCUT2D eigenvalue weighted by atomic mass is 19.4. The van der Waals surface area contributed by atoms with E-state index in [0.29, 0.717) is 5.56 Å². The number of carboxylic acid groups (broad SMARTS) is 1. The van der Waals surface area contributed by atoms with E-state index in [1.807, 2.05) is 0 Å². The minimum Gasteiger partial charge on any atom is -0.481 e. The van der Waals surface area contributed by atoms with E-state index in [1.54, 1.807) is 18.2 Å². The van der Waals surface area contributed by atoms with E-state index in [9.17, 15) is 18.0 Å². The van der Waals surface area contributed by atoms with Gasteiger partial charge in [-0.2, -0.15) is 13.2 Å². The van der Waals surface area contributed by atoms with Gasteiger partial charge >= 0.3 is 12.1 Å². The van der Waals surface area contributed by atoms with E-state index in [4.69, 9.17) is 5.11 Å². The fourth-order valence-electron chi connectivity index (χ4n) is 1.29. The lowest BCUT2D eigenvalue weighted by Gasteiger charge is -2.14. The zero-order valence-corrected chi connectivity index (χ0v) is 8.78. The molecule has 0 heterocycles. The summed E-state index contributed by atoms with van der Waals surface area (Å²) in [5.74, 6) is -2.29. The molecule has 0 fully saturated rings. The standard InChI is InChI=1S/C11H11F3O3/c12-11(13,14)7-17-6-9(10(15)16)8-4-2-1-3-5-8/h1-5,9H,6-7H2,(H,15,16). The van der Waals surface area contributed by atoms with Gasteiger partial charge < -0.3 is 9.84 Å². The summed E-state index contributed by atoms with van der Waals surface area (Å²) in [7, 11) is 0. The van der Waals surface area contributed by atoms with Crippen LogP contribution >= 0.6 is 0 Å². The number of rotatable bonds is 5. The Labute approximate surface area is 95.8 Å². The summed E-state index contributed by atoms with van der Waals surface area (Å²) in [6.45, 7) is -1.94. The fourth-order valence-corrected chi connectivity index (χ4v) is 1.29. The van der Waals surface area contributed by atoms with Gasteiger partial charge in [0.25, 0.3) is 0 Å². The molecule has 0 saturated carbocycles. The molecular weight excluding hydrogens is 237 g/mol. The number of hydrogen-bond donors (Lipinski definition) is 1. The highest BCUT2D eigenvalue weighted by Crippen LogP contribution is 2.19. The third kappa shape index (κ3) is 4.86. The van der Waals surface area contributed by atoms with Crippen molar-refractivity contribution >= 4 is 5.97 Å². The normalized spacial score (nSPS) is 13.4. The Morgan fingerprint density at radius 2 is 1.88 bits per heavy atom. The lowest BCUT2D eigenvalue weighted by molar-refractivity contribution is -0.177. The minimum absolute atomic E-state index is 0.419. The second-order valence-corrected chi connectivity index (χ2v) is 3.43. The van der Waals surface area contributed by atoms with Crippen LogP contribution in [0.15, 0.2) is 30.3 Å². The van der Waals surface area contributed by atoms with Gasteiger partial charge in [-0.1, -0.05) is 30.3 Å². The van der Waals surface area contributed by atoms with E-state index in [2.05, 4.69) is 4.74 Å². The second-order valence-electron chi connectivity index (χ2n) is 3.43. The van der Waals surface area contributed by atoms with Crippen molar-refractivity contribution in [2.45, 2.75) is 12.1 Å². The first kappa shape index (κ1) is 13.5. The topological polar surface area (TPSA) is 46.5 Å². The number of carboxylic acids is 1. The first-order valence-electron chi connectivity index (χ1n) is 4.82. The van der Waals surface area contributed by atoms with Crippen molar-refractivity contribution in [3.8, 4) is 0 Å². The number of alkyl halides is 3. The van der Waals surface area contributed by atoms with E-state index < -0.39 is 31.3 Å². The van der Waals surface area contributed by atoms with E-state index >= 15 is 0 Å². The van der Waals surface area contributed by atoms with E-state index in [1.165, 1.54) is 12.1 Å². The average molecular weight is 248 g/mol. The van der Waals surface area contributed by atoms with Gasteiger partial charge in [0.1, 0.15) is 12.5 Å². The van der Waals surface area contributed by atoms with Crippen LogP contribution in [0.3, 0.4) is 0 Å². The Hall–Kier alpha value is -1.56. The van der Waals surface area contributed by atoms with Crippen molar-refractivity contribution in [2.75, 3.05) is 13.2 Å². The number of hydrogen-bond acceptors (Lipinski definition) is 2. The van der Waals surface area contributed by atoms with E-state index in [0.717, 1.165) is 0 Å². The van der Waals surface area contributed by atoms with Gasteiger partial charge in [-0.3, -0.25) is 4.79 Å². The monoisotopic (exact) mass is 248 g/mol. The summed E-state index contributed by atoms with van der Waals surface area (Å²) in [4.78, 5) is 10.9. The SMILES string of the molecule is O=C(O)C(COCC(F)(F)F)c1ccccc1. The predicted octanol–water partition coefficient (Wildman–Crippen LogP) is 2.43. The van der Waals surface area contributed by atoms with Gasteiger partial charge in [-0.15, -0.1) is 0 Å². The Morgan fingerprint density at radius 1 is 1.29 bits per heavy atom. The largest absolute Gasteiger partial charge is 0.481 e. The molecule has 0 aliphatic heterocycles. The molecular formula is C11H11F3O3. The highest BCUT2D eigenvalue weighted by Gasteiger charge is 2.29. The van der Waals surface area contributed by atoms with Gasteiger partial charge in [-0.25, -0.2) is 0 Å². The maximum Gasteiger partial charge on any atom is 0.411 e. The van der Waals surface area contributed by atoms with Gasteiger partial charge in [0, 0.05) is 0 Å². The number of ether oxygens (including phenoxy) is 1. The molecule has 0 radical (unpaired) electrons. The Bertz CT molecular complexity index is 362. The molecule has 1 aromatic carbocycles. The van der Waals surface area contributed by atoms with Gasteiger partial charge in [0.05, 0.1) is 6.61 Å². The number of halogens is 3. The van der Waals surface area contributed by atoms with Crippen LogP contribution in [0, 0.1) is 0 Å². The molecule has 1 atom stereocenters. The van der Waals surface area contributed by atoms with Gasteiger partial charge in [-0.05, 0) is 5.56 Å². The van der Waals surface area contributed by atoms with Crippen molar-refractivity contribution in [3.63, 3.8) is 0 Å². The molecule has 0 aliphatic carbocycles. The Kier molecular flexibility index (Phi) is 4.51. The molecule has 0 bridgehead atoms. The zero-order chi connectivity index (χ0) is 12.9. The van der Waals surface area contributed by atoms with Crippen LogP contribution in [0.1, 0.15) is 11.5 Å². The van der Waals surface area contributed by atoms with Crippen LogP contribution in [0.2, 0.25) is 0 Å². The van der Waals surface area contributed by atoms with Crippen LogP contribution in [-0.4, -0.2) is 30.5 Å². The highest BCUT2D eigenvalue weighted by molar-refractivity contribution is 5.76. The molecule has 0 spiro atoms. The zero-order valence-electron chi connectivity index (χ0n) is 8.78. The molecule has 94 valence electrons. The van der Waals surface area contributed by atoms with Gasteiger partial charge in [0.15, 0.2) is 0 Å². The smallest absolute Gasteiger partial charge is 0.411 e. The lowest BCUT2D eigenvalue weighted by atomic mass is 10.0. The molecule has 0 amide bonds. The maximum atomic E-state index is 11.8. The summed E-state index contributed by atoms with van der Waals surface area (Å²) in [5.41, 5.74) is 0.419. The molecule has 1 aromatic rings. The van der Waals surface area contributed by atoms with Crippen LogP contribution in [0.4, 0.5) is 13.2 Å². The van der Waals surface area contributed by atoms with Crippen molar-refractivity contribution < 1.29 is 27.8 Å². The van der Waals surface area contributed by atoms with Crippen LogP contribution in [0.5, 0.6) is 0 Å². The first-order valence-corrected chi connectivity index (χ1v) is 4.82. The summed E-state index contributed by atoms with van der Waals surface area (Å²) >= 11 is 0. The third-order valence-corrected chi connectivity index (χ3v) is 2.05. The molecule has 0 aliphatic rings. The molecule has 0 saturated heterocycles. The van der Waals surface area contributed by atoms with Crippen molar-refractivity contribution in [3.05, 3.63) is 35.9 Å². The molecule has 0 aromatic heterocycles. The molecule has 1 unspecified atom stereocenters. The van der Waals surface area contributed by atoms with Crippen molar-refractivity contribution in [2.24, 2.45) is 0 Å². The Balaban J connectivity index is 2.60. The number of benzene rings is 1. The third-order valence-electron chi connectivity index (χ3n) is 2.05. The van der Waals surface area contributed by atoms with Crippen LogP contribution < -0.4 is 0 Å². The van der Waals surface area contributed by atoms with Crippen LogP contribution in [0.25, 0.3) is 0 Å². The first-order chi connectivity index (χ1) is 7.90. The second kappa shape index (κ2) is 5.67. The fraction of sp³-hybridized carbons (Fsp3) is 0.364. The average Bonchev–Trinajstić information content (AvgIpc) is 2.23. The summed E-state index contributed by atoms with van der Waals surface area (Å²) < 4.78 is 39.9. The number of aliphatic carboxylic acids is 1. The van der Waals surface area contributed by atoms with Crippen LogP contribution in [-0.2, 0) is 9.53 Å². The molecule has 17 heavy (non-hydrogen) atoms. The summed E-state index contributed by atoms with van der Waals surface area (Å²) in [6, 6.07) is 8.01. The van der Waals surface area contributed by atoms with Crippen molar-refractivity contribution in [1.82, 2.24) is 0 Å². The minimum atomic E-state index is -4.44. The van der Waals surface area contributed by atoms with Crippen molar-refractivity contribution in [1.29, 1.82) is 0 Å². The molecule has 1 N–H and O–H groups in total. The molecule has 3 nitrogen and oxygen atoms in total. The molecule has 6 heteroatoms. The van der Waals surface area contributed by atoms with E-state index in [-0.39, 0.29) is 0 Å². The van der Waals surface area contributed by atoms with Gasteiger partial charge in [0.2, 0.25) is 0 Å². The summed E-state index contributed by atoms with van der Waals surface area (Å²) in [6.07, 6.45) is -4.44. The maximum absolute atomic E-state index is 11.8. The number of carbonyl (C=O) groups is 1. The summed E-state index contributed by atoms with van der Waals surface area (Å²) in [5, 5.41) is 8.89. The molecule has 1 rings (SSSR count). The lowest BCUT2D eigenvalue weighted by Crippen LogP contribution is -2.23. The quantitative estimate of drug-likeness (QED) is 0.870. The Morgan fingerprint density at radius 3 is 2.35 bits per heavy atom.